The van der Waals surface area contributed by atoms with Crippen molar-refractivity contribution < 1.29 is 15.1 Å². The number of hydrogen-bond donors (Lipinski definition) is 2. The molecule has 0 aromatic heterocycles. The molecule has 0 saturated carbocycles. The van der Waals surface area contributed by atoms with E-state index >= 15 is 0 Å². The Morgan fingerprint density at radius 2 is 1.75 bits per heavy atom. The van der Waals surface area contributed by atoms with Gasteiger partial charge in [-0.3, -0.25) is 4.79 Å². The number of phenolic OH excluding ortho intramolecular Hbond substituents is 1. The second-order valence-electron chi connectivity index (χ2n) is 1.85. The zero-order valence-corrected chi connectivity index (χ0v) is 6.34. The third-order valence-electron chi connectivity index (χ3n) is 1.03. The fraction of sp³-hybridized carbons (Fsp3) is 0. The van der Waals surface area contributed by atoms with Crippen LogP contribution in [-0.4, -0.2) is 23.3 Å². The number of hydrogen-bond acceptors (Lipinski definition) is 4. The lowest BCUT2D eigenvalue weighted by atomic mass is 10.2. The van der Waals surface area contributed by atoms with Gasteiger partial charge < -0.3 is 10.3 Å². The van der Waals surface area contributed by atoms with E-state index in [2.05, 4.69) is 11.9 Å². The van der Waals surface area contributed by atoms with Gasteiger partial charge in [0.2, 0.25) is 0 Å². The molecule has 0 radical (unpaired) electrons. The summed E-state index contributed by atoms with van der Waals surface area (Å²) in [5.74, 6) is 0.181. The van der Waals surface area contributed by atoms with Crippen LogP contribution in [0.4, 0.5) is 0 Å². The van der Waals surface area contributed by atoms with Crippen LogP contribution in [0.3, 0.4) is 0 Å². The van der Waals surface area contributed by atoms with Crippen LogP contribution in [0.5, 0.6) is 5.75 Å². The first-order valence-electron chi connectivity index (χ1n) is 3.09. The van der Waals surface area contributed by atoms with Crippen molar-refractivity contribution >= 4 is 13.0 Å². The van der Waals surface area contributed by atoms with E-state index in [9.17, 15) is 4.79 Å². The summed E-state index contributed by atoms with van der Waals surface area (Å²) in [5, 5.41) is 18.1. The van der Waals surface area contributed by atoms with Gasteiger partial charge in [0, 0.05) is 12.3 Å². The summed E-state index contributed by atoms with van der Waals surface area (Å²) in [5.41, 5.74) is 0.577. The Kier molecular flexibility index (Phi) is 5.00. The first-order chi connectivity index (χ1) is 5.74. The monoisotopic (exact) mass is 167 g/mol. The molecule has 0 aliphatic rings. The summed E-state index contributed by atoms with van der Waals surface area (Å²) in [6, 6.07) is 6.07. The molecule has 1 aromatic carbocycles. The van der Waals surface area contributed by atoms with Crippen LogP contribution < -0.4 is 0 Å². The quantitative estimate of drug-likeness (QED) is 0.286. The molecule has 0 aliphatic carbocycles. The van der Waals surface area contributed by atoms with Gasteiger partial charge in [0.1, 0.15) is 12.0 Å². The van der Waals surface area contributed by atoms with Gasteiger partial charge in [0.05, 0.1) is 0 Å². The molecule has 0 aliphatic heterocycles. The van der Waals surface area contributed by atoms with Gasteiger partial charge in [-0.1, -0.05) is 0 Å². The van der Waals surface area contributed by atoms with Gasteiger partial charge in [0.15, 0.2) is 0 Å². The molecule has 0 saturated heterocycles. The maximum absolute atomic E-state index is 10.0. The number of oxime groups is 1. The van der Waals surface area contributed by atoms with E-state index in [1.54, 1.807) is 12.1 Å². The number of phenols is 1. The van der Waals surface area contributed by atoms with Crippen LogP contribution in [-0.2, 0) is 0 Å². The maximum atomic E-state index is 10.0. The minimum absolute atomic E-state index is 0.181. The van der Waals surface area contributed by atoms with E-state index in [1.807, 2.05) is 0 Å². The SMILES string of the molecule is C=NO.O=Cc1ccc(O)cc1. The second-order valence-corrected chi connectivity index (χ2v) is 1.85. The third-order valence-corrected chi connectivity index (χ3v) is 1.03. The van der Waals surface area contributed by atoms with E-state index in [4.69, 9.17) is 10.3 Å². The fourth-order valence-electron chi connectivity index (χ4n) is 0.553. The Balaban J connectivity index is 0.000000354. The molecule has 0 bridgehead atoms. The molecule has 0 atom stereocenters. The Bertz CT molecular complexity index is 243. The van der Waals surface area contributed by atoms with Crippen LogP contribution in [0.2, 0.25) is 0 Å². The normalized spacial score (nSPS) is 7.67. The van der Waals surface area contributed by atoms with Crippen molar-refractivity contribution in [2.75, 3.05) is 0 Å². The third kappa shape index (κ3) is 4.05. The largest absolute Gasteiger partial charge is 0.508 e. The smallest absolute Gasteiger partial charge is 0.150 e. The Labute approximate surface area is 69.8 Å². The summed E-state index contributed by atoms with van der Waals surface area (Å²) in [4.78, 5) is 10.0. The number of rotatable bonds is 1. The molecule has 64 valence electrons. The van der Waals surface area contributed by atoms with Gasteiger partial charge in [-0.15, -0.1) is 5.16 Å². The summed E-state index contributed by atoms with van der Waals surface area (Å²) in [7, 11) is 0. The van der Waals surface area contributed by atoms with Crippen molar-refractivity contribution in [3.8, 4) is 5.75 Å². The predicted octanol–water partition coefficient (Wildman–Crippen LogP) is 1.28. The van der Waals surface area contributed by atoms with Crippen LogP contribution in [0.25, 0.3) is 0 Å². The number of aldehydes is 1. The molecular weight excluding hydrogens is 158 g/mol. The standard InChI is InChI=1S/C7H6O2.CH3NO/c8-5-6-1-3-7(9)4-2-6;1-2-3/h1-5,9H;3H,1H2. The highest BCUT2D eigenvalue weighted by molar-refractivity contribution is 5.74. The summed E-state index contributed by atoms with van der Waals surface area (Å²) < 4.78 is 0. The molecule has 4 nitrogen and oxygen atoms in total. The highest BCUT2D eigenvalue weighted by atomic mass is 16.4. The average Bonchev–Trinajstić information content (AvgIpc) is 2.07. The molecule has 4 heteroatoms. The molecule has 0 amide bonds. The van der Waals surface area contributed by atoms with Gasteiger partial charge in [-0.25, -0.2) is 0 Å². The van der Waals surface area contributed by atoms with E-state index in [1.165, 1.54) is 12.1 Å². The fourth-order valence-corrected chi connectivity index (χ4v) is 0.553. The van der Waals surface area contributed by atoms with E-state index in [0.29, 0.717) is 5.56 Å². The lowest BCUT2D eigenvalue weighted by Crippen LogP contribution is -1.74. The average molecular weight is 167 g/mol. The van der Waals surface area contributed by atoms with Gasteiger partial charge in [-0.05, 0) is 24.3 Å². The van der Waals surface area contributed by atoms with Crippen molar-refractivity contribution in [2.24, 2.45) is 5.16 Å². The second kappa shape index (κ2) is 5.91. The summed E-state index contributed by atoms with van der Waals surface area (Å²) in [6.07, 6.45) is 0.736. The lowest BCUT2D eigenvalue weighted by molar-refractivity contribution is 0.112. The highest BCUT2D eigenvalue weighted by Gasteiger charge is 1.86. The molecule has 12 heavy (non-hydrogen) atoms. The Hall–Kier alpha value is -1.84. The van der Waals surface area contributed by atoms with Crippen molar-refractivity contribution in [3.63, 3.8) is 0 Å². The first kappa shape index (κ1) is 10.2. The number of carbonyl (C=O) groups excluding carboxylic acids is 1. The molecule has 2 N–H and O–H groups in total. The van der Waals surface area contributed by atoms with Gasteiger partial charge in [-0.2, -0.15) is 0 Å². The molecular formula is C8H9NO3. The molecule has 1 rings (SSSR count). The van der Waals surface area contributed by atoms with Crippen LogP contribution in [0, 0.1) is 0 Å². The lowest BCUT2D eigenvalue weighted by Gasteiger charge is -1.88. The molecule has 1 aromatic rings. The summed E-state index contributed by atoms with van der Waals surface area (Å²) in [6.45, 7) is 2.67. The topological polar surface area (TPSA) is 69.9 Å². The molecule has 0 spiro atoms. The zero-order chi connectivity index (χ0) is 9.40. The zero-order valence-electron chi connectivity index (χ0n) is 6.34. The molecule has 0 fully saturated rings. The minimum Gasteiger partial charge on any atom is -0.508 e. The van der Waals surface area contributed by atoms with Crippen molar-refractivity contribution in [1.29, 1.82) is 0 Å². The molecule has 0 unspecified atom stereocenters. The van der Waals surface area contributed by atoms with Crippen LogP contribution >= 0.6 is 0 Å². The van der Waals surface area contributed by atoms with Crippen molar-refractivity contribution in [1.82, 2.24) is 0 Å². The molecule has 0 heterocycles. The maximum Gasteiger partial charge on any atom is 0.150 e. The number of benzene rings is 1. The van der Waals surface area contributed by atoms with Crippen molar-refractivity contribution in [3.05, 3.63) is 29.8 Å². The highest BCUT2D eigenvalue weighted by Crippen LogP contribution is 2.07. The predicted molar refractivity (Wildman–Crippen MR) is 44.8 cm³/mol. The Morgan fingerprint density at radius 3 is 2.08 bits per heavy atom. The van der Waals surface area contributed by atoms with Crippen LogP contribution in [0.15, 0.2) is 29.4 Å². The number of carbonyl (C=O) groups is 1. The van der Waals surface area contributed by atoms with E-state index in [-0.39, 0.29) is 5.75 Å². The van der Waals surface area contributed by atoms with Crippen LogP contribution in [0.1, 0.15) is 10.4 Å². The minimum atomic E-state index is 0.181. The number of aromatic hydroxyl groups is 1. The van der Waals surface area contributed by atoms with E-state index in [0.717, 1.165) is 6.29 Å². The van der Waals surface area contributed by atoms with Gasteiger partial charge >= 0.3 is 0 Å². The van der Waals surface area contributed by atoms with Gasteiger partial charge in [0.25, 0.3) is 0 Å². The first-order valence-corrected chi connectivity index (χ1v) is 3.09. The van der Waals surface area contributed by atoms with Crippen molar-refractivity contribution in [2.45, 2.75) is 0 Å². The van der Waals surface area contributed by atoms with E-state index < -0.39 is 0 Å². The number of nitrogens with zero attached hydrogens (tertiary/aromatic N) is 1. The summed E-state index contributed by atoms with van der Waals surface area (Å²) >= 11 is 0. The Morgan fingerprint density at radius 1 is 1.33 bits per heavy atom.